The molecule has 0 saturated carbocycles. The Kier molecular flexibility index (Phi) is 4.53. The van der Waals surface area contributed by atoms with E-state index in [1.54, 1.807) is 0 Å². The van der Waals surface area contributed by atoms with Crippen molar-refractivity contribution in [1.29, 1.82) is 0 Å². The fourth-order valence-corrected chi connectivity index (χ4v) is 1.28. The third kappa shape index (κ3) is 3.49. The van der Waals surface area contributed by atoms with Gasteiger partial charge in [0.1, 0.15) is 0 Å². The molecule has 4 heteroatoms. The van der Waals surface area contributed by atoms with Crippen LogP contribution >= 0.6 is 0 Å². The van der Waals surface area contributed by atoms with Crippen LogP contribution in [0.2, 0.25) is 0 Å². The summed E-state index contributed by atoms with van der Waals surface area (Å²) < 4.78 is 9.86. The molecule has 1 aliphatic rings. The Bertz CT molecular complexity index is 115. The van der Waals surface area contributed by atoms with Crippen LogP contribution in [0.15, 0.2) is 0 Å². The molecule has 2 N–H and O–H groups in total. The third-order valence-corrected chi connectivity index (χ3v) is 2.01. The van der Waals surface area contributed by atoms with Crippen LogP contribution in [0, 0.1) is 0 Å². The molecular formula is C8H17NO3. The van der Waals surface area contributed by atoms with E-state index in [1.165, 1.54) is 20.0 Å². The molecule has 1 heterocycles. The summed E-state index contributed by atoms with van der Waals surface area (Å²) in [6.45, 7) is 2.01. The molecule has 0 bridgehead atoms. The number of ether oxygens (including phenoxy) is 2. The van der Waals surface area contributed by atoms with Crippen molar-refractivity contribution >= 4 is 0 Å². The third-order valence-electron chi connectivity index (χ3n) is 2.01. The first kappa shape index (κ1) is 9.92. The van der Waals surface area contributed by atoms with E-state index in [2.05, 4.69) is 10.1 Å². The molecule has 1 rings (SSSR count). The van der Waals surface area contributed by atoms with Gasteiger partial charge in [-0.2, -0.15) is 0 Å². The summed E-state index contributed by atoms with van der Waals surface area (Å²) in [5.74, 6) is 0. The van der Waals surface area contributed by atoms with Crippen LogP contribution in [0.25, 0.3) is 0 Å². The SMILES string of the molecule is COC(O)COC[C@@H]1CCCN1. The monoisotopic (exact) mass is 175 g/mol. The van der Waals surface area contributed by atoms with E-state index in [9.17, 15) is 0 Å². The van der Waals surface area contributed by atoms with Gasteiger partial charge in [-0.3, -0.25) is 0 Å². The molecular weight excluding hydrogens is 158 g/mol. The molecule has 0 aromatic carbocycles. The maximum atomic E-state index is 8.96. The van der Waals surface area contributed by atoms with Crippen LogP contribution in [0.5, 0.6) is 0 Å². The minimum Gasteiger partial charge on any atom is -0.375 e. The molecule has 0 aliphatic carbocycles. The Morgan fingerprint density at radius 1 is 1.67 bits per heavy atom. The number of nitrogens with one attached hydrogen (secondary N) is 1. The Balaban J connectivity index is 1.94. The second-order valence-corrected chi connectivity index (χ2v) is 3.02. The van der Waals surface area contributed by atoms with Crippen molar-refractivity contribution in [3.63, 3.8) is 0 Å². The van der Waals surface area contributed by atoms with Crippen LogP contribution < -0.4 is 5.32 Å². The van der Waals surface area contributed by atoms with Crippen molar-refractivity contribution in [1.82, 2.24) is 5.32 Å². The Morgan fingerprint density at radius 2 is 2.50 bits per heavy atom. The standard InChI is InChI=1S/C8H17NO3/c1-11-8(10)6-12-5-7-3-2-4-9-7/h7-10H,2-6H2,1H3/t7-,8?/m0/s1. The smallest absolute Gasteiger partial charge is 0.177 e. The van der Waals surface area contributed by atoms with Crippen molar-refractivity contribution in [2.45, 2.75) is 25.2 Å². The van der Waals surface area contributed by atoms with Gasteiger partial charge in [-0.25, -0.2) is 0 Å². The Morgan fingerprint density at radius 3 is 3.08 bits per heavy atom. The fourth-order valence-electron chi connectivity index (χ4n) is 1.28. The zero-order chi connectivity index (χ0) is 8.81. The van der Waals surface area contributed by atoms with Gasteiger partial charge in [0, 0.05) is 13.2 Å². The highest BCUT2D eigenvalue weighted by molar-refractivity contribution is 4.73. The largest absolute Gasteiger partial charge is 0.375 e. The average molecular weight is 175 g/mol. The van der Waals surface area contributed by atoms with E-state index < -0.39 is 6.29 Å². The number of rotatable bonds is 5. The fraction of sp³-hybridized carbons (Fsp3) is 1.00. The zero-order valence-corrected chi connectivity index (χ0v) is 7.45. The van der Waals surface area contributed by atoms with Crippen LogP contribution in [0.3, 0.4) is 0 Å². The molecule has 1 saturated heterocycles. The number of hydrogen-bond donors (Lipinski definition) is 2. The molecule has 72 valence electrons. The first-order valence-corrected chi connectivity index (χ1v) is 4.35. The van der Waals surface area contributed by atoms with Gasteiger partial charge in [0.05, 0.1) is 13.2 Å². The highest BCUT2D eigenvalue weighted by Crippen LogP contribution is 2.04. The second kappa shape index (κ2) is 5.48. The first-order chi connectivity index (χ1) is 5.83. The number of hydrogen-bond acceptors (Lipinski definition) is 4. The maximum absolute atomic E-state index is 8.96. The minimum atomic E-state index is -0.786. The van der Waals surface area contributed by atoms with E-state index in [1.807, 2.05) is 0 Å². The van der Waals surface area contributed by atoms with Gasteiger partial charge in [0.25, 0.3) is 0 Å². The lowest BCUT2D eigenvalue weighted by molar-refractivity contribution is -0.120. The van der Waals surface area contributed by atoms with Gasteiger partial charge in [-0.05, 0) is 19.4 Å². The summed E-state index contributed by atoms with van der Waals surface area (Å²) in [4.78, 5) is 0. The topological polar surface area (TPSA) is 50.7 Å². The van der Waals surface area contributed by atoms with Crippen LogP contribution in [0.4, 0.5) is 0 Å². The summed E-state index contributed by atoms with van der Waals surface area (Å²) >= 11 is 0. The normalized spacial score (nSPS) is 26.0. The maximum Gasteiger partial charge on any atom is 0.177 e. The van der Waals surface area contributed by atoms with Crippen molar-refractivity contribution in [3.05, 3.63) is 0 Å². The molecule has 2 atom stereocenters. The lowest BCUT2D eigenvalue weighted by Crippen LogP contribution is -2.29. The molecule has 12 heavy (non-hydrogen) atoms. The molecule has 1 fully saturated rings. The second-order valence-electron chi connectivity index (χ2n) is 3.02. The van der Waals surface area contributed by atoms with E-state index >= 15 is 0 Å². The van der Waals surface area contributed by atoms with E-state index in [-0.39, 0.29) is 6.61 Å². The van der Waals surface area contributed by atoms with Crippen LogP contribution in [0.1, 0.15) is 12.8 Å². The Hall–Kier alpha value is -0.160. The molecule has 0 amide bonds. The zero-order valence-electron chi connectivity index (χ0n) is 7.45. The van der Waals surface area contributed by atoms with E-state index in [4.69, 9.17) is 9.84 Å². The predicted octanol–water partition coefficient (Wildman–Crippen LogP) is -0.280. The number of methoxy groups -OCH3 is 1. The minimum absolute atomic E-state index is 0.259. The van der Waals surface area contributed by atoms with Gasteiger partial charge in [0.2, 0.25) is 0 Å². The first-order valence-electron chi connectivity index (χ1n) is 4.35. The summed E-state index contributed by atoms with van der Waals surface area (Å²) in [6, 6.07) is 0.467. The quantitative estimate of drug-likeness (QED) is 0.564. The lowest BCUT2D eigenvalue weighted by atomic mass is 10.2. The van der Waals surface area contributed by atoms with Gasteiger partial charge >= 0.3 is 0 Å². The molecule has 0 spiro atoms. The van der Waals surface area contributed by atoms with Crippen molar-refractivity contribution < 1.29 is 14.6 Å². The number of aliphatic hydroxyl groups excluding tert-OH is 1. The average Bonchev–Trinajstić information content (AvgIpc) is 2.57. The van der Waals surface area contributed by atoms with Gasteiger partial charge in [0.15, 0.2) is 6.29 Å². The summed E-state index contributed by atoms with van der Waals surface area (Å²) in [6.07, 6.45) is 1.61. The molecule has 1 aliphatic heterocycles. The molecule has 4 nitrogen and oxygen atoms in total. The highest BCUT2D eigenvalue weighted by atomic mass is 16.6. The predicted molar refractivity (Wildman–Crippen MR) is 44.9 cm³/mol. The summed E-state index contributed by atoms with van der Waals surface area (Å²) in [7, 11) is 1.46. The molecule has 0 radical (unpaired) electrons. The molecule has 0 aromatic heterocycles. The van der Waals surface area contributed by atoms with Crippen molar-refractivity contribution in [2.75, 3.05) is 26.9 Å². The molecule has 0 aromatic rings. The van der Waals surface area contributed by atoms with E-state index in [0.29, 0.717) is 12.6 Å². The van der Waals surface area contributed by atoms with Crippen LogP contribution in [-0.2, 0) is 9.47 Å². The van der Waals surface area contributed by atoms with E-state index in [0.717, 1.165) is 6.54 Å². The van der Waals surface area contributed by atoms with Gasteiger partial charge in [-0.15, -0.1) is 0 Å². The van der Waals surface area contributed by atoms with Crippen molar-refractivity contribution in [2.24, 2.45) is 0 Å². The van der Waals surface area contributed by atoms with Crippen LogP contribution in [-0.4, -0.2) is 44.3 Å². The summed E-state index contributed by atoms with van der Waals surface area (Å²) in [5, 5.41) is 12.3. The van der Waals surface area contributed by atoms with Gasteiger partial charge in [-0.1, -0.05) is 0 Å². The lowest BCUT2D eigenvalue weighted by Gasteiger charge is -2.12. The number of aliphatic hydroxyl groups is 1. The summed E-state index contributed by atoms with van der Waals surface area (Å²) in [5.41, 5.74) is 0. The van der Waals surface area contributed by atoms with Gasteiger partial charge < -0.3 is 19.9 Å². The highest BCUT2D eigenvalue weighted by Gasteiger charge is 2.14. The van der Waals surface area contributed by atoms with Crippen molar-refractivity contribution in [3.8, 4) is 0 Å². The Labute approximate surface area is 72.9 Å². The molecule has 1 unspecified atom stereocenters.